The normalized spacial score (nSPS) is 20.5. The lowest BCUT2D eigenvalue weighted by Gasteiger charge is -2.34. The van der Waals surface area contributed by atoms with Gasteiger partial charge in [0.05, 0.1) is 19.3 Å². The smallest absolute Gasteiger partial charge is 0.0983 e. The maximum absolute atomic E-state index is 5.69. The summed E-state index contributed by atoms with van der Waals surface area (Å²) < 4.78 is 11.1. The molecule has 1 aliphatic rings. The minimum atomic E-state index is 0.168. The molecule has 0 saturated carbocycles. The minimum absolute atomic E-state index is 0.168. The summed E-state index contributed by atoms with van der Waals surface area (Å²) >= 11 is 0. The second-order valence-corrected chi connectivity index (χ2v) is 4.19. The van der Waals surface area contributed by atoms with Gasteiger partial charge in [0.2, 0.25) is 0 Å². The molecule has 1 aliphatic heterocycles. The Labute approximate surface area is 102 Å². The maximum Gasteiger partial charge on any atom is 0.0983 e. The molecular formula is C13H20N2O2. The predicted molar refractivity (Wildman–Crippen MR) is 69.3 cm³/mol. The molecule has 0 aliphatic carbocycles. The van der Waals surface area contributed by atoms with Crippen molar-refractivity contribution in [3.05, 3.63) is 24.3 Å². The van der Waals surface area contributed by atoms with Gasteiger partial charge >= 0.3 is 0 Å². The lowest BCUT2D eigenvalue weighted by Crippen LogP contribution is -2.44. The van der Waals surface area contributed by atoms with E-state index in [9.17, 15) is 0 Å². The summed E-state index contributed by atoms with van der Waals surface area (Å²) in [6.45, 7) is 5.96. The highest BCUT2D eigenvalue weighted by Crippen LogP contribution is 2.19. The van der Waals surface area contributed by atoms with Crippen LogP contribution in [0.2, 0.25) is 0 Å². The van der Waals surface area contributed by atoms with Crippen LogP contribution in [0.15, 0.2) is 24.3 Å². The zero-order valence-electron chi connectivity index (χ0n) is 10.3. The number of nitrogens with two attached hydrogens (primary N) is 1. The van der Waals surface area contributed by atoms with Gasteiger partial charge in [-0.25, -0.2) is 0 Å². The summed E-state index contributed by atoms with van der Waals surface area (Å²) in [4.78, 5) is 2.31. The van der Waals surface area contributed by atoms with E-state index < -0.39 is 0 Å². The molecule has 17 heavy (non-hydrogen) atoms. The Morgan fingerprint density at radius 2 is 2.18 bits per heavy atom. The Hall–Kier alpha value is -1.26. The molecule has 4 heteroatoms. The summed E-state index contributed by atoms with van der Waals surface area (Å²) in [7, 11) is 0. The van der Waals surface area contributed by atoms with E-state index in [4.69, 9.17) is 15.2 Å². The molecule has 2 N–H and O–H groups in total. The molecule has 1 heterocycles. The molecule has 1 aromatic rings. The van der Waals surface area contributed by atoms with Crippen molar-refractivity contribution < 1.29 is 9.47 Å². The highest BCUT2D eigenvalue weighted by atomic mass is 16.5. The van der Waals surface area contributed by atoms with E-state index in [2.05, 4.69) is 17.0 Å². The number of rotatable bonds is 4. The highest BCUT2D eigenvalue weighted by molar-refractivity contribution is 5.53. The van der Waals surface area contributed by atoms with Crippen LogP contribution in [0, 0.1) is 0 Å². The van der Waals surface area contributed by atoms with E-state index in [0.29, 0.717) is 6.61 Å². The zero-order chi connectivity index (χ0) is 12.1. The van der Waals surface area contributed by atoms with Crippen LogP contribution in [0.5, 0.6) is 0 Å². The van der Waals surface area contributed by atoms with E-state index in [0.717, 1.165) is 32.0 Å². The van der Waals surface area contributed by atoms with Crippen molar-refractivity contribution in [2.75, 3.05) is 43.5 Å². The van der Waals surface area contributed by atoms with Crippen molar-refractivity contribution in [2.24, 2.45) is 0 Å². The lowest BCUT2D eigenvalue weighted by molar-refractivity contribution is -0.0207. The standard InChI is InChI=1S/C13H20N2O2/c1-2-16-10-13-9-15(7-8-17-13)12-5-3-11(14)4-6-12/h3-6,13H,2,7-10,14H2,1H3/t13-/m0/s1. The summed E-state index contributed by atoms with van der Waals surface area (Å²) in [5.74, 6) is 0. The Kier molecular flexibility index (Phi) is 4.23. The van der Waals surface area contributed by atoms with Crippen LogP contribution in [0.1, 0.15) is 6.92 Å². The molecule has 2 rings (SSSR count). The van der Waals surface area contributed by atoms with Crippen molar-refractivity contribution >= 4 is 11.4 Å². The van der Waals surface area contributed by atoms with Crippen molar-refractivity contribution in [3.8, 4) is 0 Å². The van der Waals surface area contributed by atoms with Crippen LogP contribution in [0.4, 0.5) is 11.4 Å². The first kappa shape index (κ1) is 12.2. The molecule has 1 aromatic carbocycles. The minimum Gasteiger partial charge on any atom is -0.399 e. The monoisotopic (exact) mass is 236 g/mol. The van der Waals surface area contributed by atoms with Crippen LogP contribution in [-0.4, -0.2) is 39.0 Å². The van der Waals surface area contributed by atoms with Gasteiger partial charge in [-0.1, -0.05) is 0 Å². The number of hydrogen-bond acceptors (Lipinski definition) is 4. The molecule has 1 atom stereocenters. The fraction of sp³-hybridized carbons (Fsp3) is 0.538. The lowest BCUT2D eigenvalue weighted by atomic mass is 10.2. The molecule has 1 saturated heterocycles. The molecule has 0 bridgehead atoms. The van der Waals surface area contributed by atoms with Crippen molar-refractivity contribution in [2.45, 2.75) is 13.0 Å². The third-order valence-corrected chi connectivity index (χ3v) is 2.90. The molecule has 0 spiro atoms. The first-order valence-electron chi connectivity index (χ1n) is 6.09. The van der Waals surface area contributed by atoms with Crippen LogP contribution in [0.3, 0.4) is 0 Å². The predicted octanol–water partition coefficient (Wildman–Crippen LogP) is 1.51. The van der Waals surface area contributed by atoms with Crippen LogP contribution in [0.25, 0.3) is 0 Å². The Morgan fingerprint density at radius 3 is 2.88 bits per heavy atom. The average Bonchev–Trinajstić information content (AvgIpc) is 2.37. The average molecular weight is 236 g/mol. The molecule has 94 valence electrons. The fourth-order valence-corrected chi connectivity index (χ4v) is 1.99. The van der Waals surface area contributed by atoms with E-state index in [1.807, 2.05) is 19.1 Å². The van der Waals surface area contributed by atoms with Crippen LogP contribution >= 0.6 is 0 Å². The largest absolute Gasteiger partial charge is 0.399 e. The summed E-state index contributed by atoms with van der Waals surface area (Å²) in [5, 5.41) is 0. The van der Waals surface area contributed by atoms with Gasteiger partial charge in [0.1, 0.15) is 0 Å². The van der Waals surface area contributed by atoms with E-state index in [1.165, 1.54) is 5.69 Å². The van der Waals surface area contributed by atoms with Crippen molar-refractivity contribution in [1.82, 2.24) is 0 Å². The Bertz CT molecular complexity index is 340. The molecule has 0 radical (unpaired) electrons. The number of nitrogens with zero attached hydrogens (tertiary/aromatic N) is 1. The number of benzene rings is 1. The number of morpholine rings is 1. The third-order valence-electron chi connectivity index (χ3n) is 2.90. The van der Waals surface area contributed by atoms with Crippen LogP contribution in [-0.2, 0) is 9.47 Å². The second kappa shape index (κ2) is 5.89. The van der Waals surface area contributed by atoms with E-state index in [-0.39, 0.29) is 6.10 Å². The third kappa shape index (κ3) is 3.35. The maximum atomic E-state index is 5.69. The highest BCUT2D eigenvalue weighted by Gasteiger charge is 2.20. The van der Waals surface area contributed by atoms with Gasteiger partial charge in [0.25, 0.3) is 0 Å². The topological polar surface area (TPSA) is 47.7 Å². The van der Waals surface area contributed by atoms with E-state index in [1.54, 1.807) is 0 Å². The van der Waals surface area contributed by atoms with E-state index >= 15 is 0 Å². The molecule has 0 aromatic heterocycles. The fourth-order valence-electron chi connectivity index (χ4n) is 1.99. The molecular weight excluding hydrogens is 216 g/mol. The first-order valence-corrected chi connectivity index (χ1v) is 6.09. The Balaban J connectivity index is 1.94. The van der Waals surface area contributed by atoms with Crippen molar-refractivity contribution in [1.29, 1.82) is 0 Å². The van der Waals surface area contributed by atoms with Gasteiger partial charge in [0, 0.05) is 31.1 Å². The summed E-state index contributed by atoms with van der Waals surface area (Å²) in [5.41, 5.74) is 7.68. The zero-order valence-corrected chi connectivity index (χ0v) is 10.3. The summed E-state index contributed by atoms with van der Waals surface area (Å²) in [6.07, 6.45) is 0.168. The van der Waals surface area contributed by atoms with Gasteiger partial charge in [-0.05, 0) is 31.2 Å². The van der Waals surface area contributed by atoms with Gasteiger partial charge in [-0.2, -0.15) is 0 Å². The van der Waals surface area contributed by atoms with Crippen molar-refractivity contribution in [3.63, 3.8) is 0 Å². The number of hydrogen-bond donors (Lipinski definition) is 1. The van der Waals surface area contributed by atoms with Gasteiger partial charge in [-0.3, -0.25) is 0 Å². The molecule has 1 fully saturated rings. The van der Waals surface area contributed by atoms with Gasteiger partial charge in [-0.15, -0.1) is 0 Å². The molecule has 0 amide bonds. The number of anilines is 2. The molecule has 4 nitrogen and oxygen atoms in total. The van der Waals surface area contributed by atoms with Gasteiger partial charge < -0.3 is 20.1 Å². The first-order chi connectivity index (χ1) is 8.29. The van der Waals surface area contributed by atoms with Crippen LogP contribution < -0.4 is 10.6 Å². The molecule has 0 unspecified atom stereocenters. The van der Waals surface area contributed by atoms with Gasteiger partial charge in [0.15, 0.2) is 0 Å². The SMILES string of the molecule is CCOC[C@@H]1CN(c2ccc(N)cc2)CCO1. The number of nitrogen functional groups attached to an aromatic ring is 1. The number of ether oxygens (including phenoxy) is 2. The quantitative estimate of drug-likeness (QED) is 0.805. The second-order valence-electron chi connectivity index (χ2n) is 4.19. The Morgan fingerprint density at radius 1 is 1.41 bits per heavy atom. The summed E-state index contributed by atoms with van der Waals surface area (Å²) in [6, 6.07) is 7.97.